The fourth-order valence-corrected chi connectivity index (χ4v) is 3.62. The maximum atomic E-state index is 10.2. The maximum absolute atomic E-state index is 10.2. The van der Waals surface area contributed by atoms with Gasteiger partial charge >= 0.3 is 0 Å². The van der Waals surface area contributed by atoms with Gasteiger partial charge in [-0.1, -0.05) is 0 Å². The molecule has 0 bridgehead atoms. The molecule has 1 aromatic heterocycles. The Hall–Kier alpha value is 0.100. The van der Waals surface area contributed by atoms with Gasteiger partial charge in [0.1, 0.15) is 0 Å². The first-order chi connectivity index (χ1) is 7.66. The van der Waals surface area contributed by atoms with Crippen LogP contribution in [0.15, 0.2) is 10.5 Å². The van der Waals surface area contributed by atoms with Crippen molar-refractivity contribution < 1.29 is 9.84 Å². The van der Waals surface area contributed by atoms with Gasteiger partial charge in [0.2, 0.25) is 0 Å². The second-order valence-electron chi connectivity index (χ2n) is 4.36. The van der Waals surface area contributed by atoms with Crippen molar-refractivity contribution in [3.63, 3.8) is 0 Å². The van der Waals surface area contributed by atoms with Crippen LogP contribution < -0.4 is 0 Å². The molecule has 16 heavy (non-hydrogen) atoms. The molecule has 1 aromatic rings. The third-order valence-electron chi connectivity index (χ3n) is 3.10. The van der Waals surface area contributed by atoms with Crippen molar-refractivity contribution in [1.82, 2.24) is 0 Å². The van der Waals surface area contributed by atoms with Gasteiger partial charge in [-0.25, -0.2) is 0 Å². The van der Waals surface area contributed by atoms with Crippen molar-refractivity contribution in [2.45, 2.75) is 32.3 Å². The van der Waals surface area contributed by atoms with Crippen LogP contribution in [-0.2, 0) is 4.74 Å². The molecule has 1 saturated heterocycles. The molecule has 0 aliphatic carbocycles. The van der Waals surface area contributed by atoms with Gasteiger partial charge in [-0.2, -0.15) is 0 Å². The summed E-state index contributed by atoms with van der Waals surface area (Å²) in [5.74, 6) is 0.616. The van der Waals surface area contributed by atoms with Crippen molar-refractivity contribution in [2.75, 3.05) is 13.2 Å². The second-order valence-corrected chi connectivity index (χ2v) is 6.50. The molecule has 0 saturated carbocycles. The van der Waals surface area contributed by atoms with Crippen molar-refractivity contribution in [3.05, 3.63) is 20.3 Å². The summed E-state index contributed by atoms with van der Waals surface area (Å²) < 4.78 is 6.43. The van der Waals surface area contributed by atoms with Gasteiger partial charge < -0.3 is 9.84 Å². The molecule has 1 aliphatic heterocycles. The normalized spacial score (nSPS) is 19.9. The molecule has 0 aromatic carbocycles. The summed E-state index contributed by atoms with van der Waals surface area (Å²) in [6.07, 6.45) is 2.74. The van der Waals surface area contributed by atoms with Crippen LogP contribution in [-0.4, -0.2) is 18.3 Å². The minimum absolute atomic E-state index is 0.307. The number of hydrogen-bond donors (Lipinski definition) is 1. The SMILES string of the molecule is Cc1sc(C(O)CC2CCOCC2)cc1Br. The lowest BCUT2D eigenvalue weighted by atomic mass is 9.93. The number of aliphatic hydroxyl groups excluding tert-OH is 1. The van der Waals surface area contributed by atoms with Crippen LogP contribution >= 0.6 is 27.3 Å². The second kappa shape index (κ2) is 5.63. The van der Waals surface area contributed by atoms with Crippen molar-refractivity contribution in [3.8, 4) is 0 Å². The molecule has 2 heterocycles. The molecule has 4 heteroatoms. The van der Waals surface area contributed by atoms with Crippen LogP contribution in [0.4, 0.5) is 0 Å². The summed E-state index contributed by atoms with van der Waals surface area (Å²) >= 11 is 5.17. The molecule has 1 unspecified atom stereocenters. The van der Waals surface area contributed by atoms with Gasteiger partial charge in [0.25, 0.3) is 0 Å². The number of hydrogen-bond acceptors (Lipinski definition) is 3. The van der Waals surface area contributed by atoms with E-state index in [9.17, 15) is 5.11 Å². The van der Waals surface area contributed by atoms with Crippen LogP contribution in [0.2, 0.25) is 0 Å². The van der Waals surface area contributed by atoms with E-state index in [4.69, 9.17) is 4.74 Å². The highest BCUT2D eigenvalue weighted by atomic mass is 79.9. The van der Waals surface area contributed by atoms with Crippen LogP contribution in [0.5, 0.6) is 0 Å². The van der Waals surface area contributed by atoms with Gasteiger partial charge in [-0.05, 0) is 54.1 Å². The Kier molecular flexibility index (Phi) is 4.41. The van der Waals surface area contributed by atoms with E-state index in [1.54, 1.807) is 11.3 Å². The molecule has 1 aliphatic rings. The fraction of sp³-hybridized carbons (Fsp3) is 0.667. The van der Waals surface area contributed by atoms with Crippen LogP contribution in [0.1, 0.15) is 35.1 Å². The predicted molar refractivity (Wildman–Crippen MR) is 69.9 cm³/mol. The summed E-state index contributed by atoms with van der Waals surface area (Å²) in [5, 5.41) is 10.2. The highest BCUT2D eigenvalue weighted by Gasteiger charge is 2.20. The minimum atomic E-state index is -0.307. The van der Waals surface area contributed by atoms with Gasteiger partial charge in [0, 0.05) is 27.4 Å². The molecule has 90 valence electrons. The van der Waals surface area contributed by atoms with Crippen molar-refractivity contribution in [1.29, 1.82) is 0 Å². The Morgan fingerprint density at radius 2 is 2.25 bits per heavy atom. The zero-order valence-electron chi connectivity index (χ0n) is 9.41. The molecule has 0 spiro atoms. The summed E-state index contributed by atoms with van der Waals surface area (Å²) in [7, 11) is 0. The topological polar surface area (TPSA) is 29.5 Å². The number of thiophene rings is 1. The lowest BCUT2D eigenvalue weighted by Crippen LogP contribution is -2.17. The monoisotopic (exact) mass is 304 g/mol. The number of ether oxygens (including phenoxy) is 1. The third-order valence-corrected chi connectivity index (χ3v) is 5.34. The number of aliphatic hydroxyl groups is 1. The minimum Gasteiger partial charge on any atom is -0.388 e. The van der Waals surface area contributed by atoms with Crippen molar-refractivity contribution >= 4 is 27.3 Å². The molecule has 0 amide bonds. The summed E-state index contributed by atoms with van der Waals surface area (Å²) in [5.41, 5.74) is 0. The van der Waals surface area contributed by atoms with Gasteiger partial charge in [0.15, 0.2) is 0 Å². The van der Waals surface area contributed by atoms with Crippen molar-refractivity contribution in [2.24, 2.45) is 5.92 Å². The molecule has 1 fully saturated rings. The fourth-order valence-electron chi connectivity index (χ4n) is 2.06. The average Bonchev–Trinajstić information content (AvgIpc) is 2.61. The summed E-state index contributed by atoms with van der Waals surface area (Å²) in [6.45, 7) is 3.77. The smallest absolute Gasteiger partial charge is 0.0885 e. The summed E-state index contributed by atoms with van der Waals surface area (Å²) in [4.78, 5) is 2.32. The standard InChI is InChI=1S/C12H17BrO2S/c1-8-10(13)7-12(16-8)11(14)6-9-2-4-15-5-3-9/h7,9,11,14H,2-6H2,1H3. The van der Waals surface area contributed by atoms with E-state index in [-0.39, 0.29) is 6.10 Å². The van der Waals surface area contributed by atoms with E-state index >= 15 is 0 Å². The van der Waals surface area contributed by atoms with Gasteiger partial charge in [-0.15, -0.1) is 11.3 Å². The van der Waals surface area contributed by atoms with E-state index in [1.165, 1.54) is 4.88 Å². The predicted octanol–water partition coefficient (Wildman–Crippen LogP) is 3.67. The Morgan fingerprint density at radius 1 is 1.56 bits per heavy atom. The number of halogens is 1. The molecular formula is C12H17BrO2S. The Labute approximate surface area is 109 Å². The zero-order valence-corrected chi connectivity index (χ0v) is 11.8. The highest BCUT2D eigenvalue weighted by Crippen LogP contribution is 2.34. The van der Waals surface area contributed by atoms with Crippen LogP contribution in [0.3, 0.4) is 0 Å². The Balaban J connectivity index is 1.93. The Bertz CT molecular complexity index is 325. The van der Waals surface area contributed by atoms with E-state index in [0.29, 0.717) is 5.92 Å². The number of rotatable bonds is 3. The molecule has 1 atom stereocenters. The molecular weight excluding hydrogens is 288 g/mol. The highest BCUT2D eigenvalue weighted by molar-refractivity contribution is 9.10. The van der Waals surface area contributed by atoms with Gasteiger partial charge in [-0.3, -0.25) is 0 Å². The summed E-state index contributed by atoms with van der Waals surface area (Å²) in [6, 6.07) is 2.05. The molecule has 2 rings (SSSR count). The number of aryl methyl sites for hydroxylation is 1. The molecule has 1 N–H and O–H groups in total. The third kappa shape index (κ3) is 3.06. The van der Waals surface area contributed by atoms with Gasteiger partial charge in [0.05, 0.1) is 6.10 Å². The van der Waals surface area contributed by atoms with E-state index in [1.807, 2.05) is 6.07 Å². The molecule has 2 nitrogen and oxygen atoms in total. The van der Waals surface area contributed by atoms with Crippen LogP contribution in [0, 0.1) is 12.8 Å². The van der Waals surface area contributed by atoms with Crippen LogP contribution in [0.25, 0.3) is 0 Å². The lowest BCUT2D eigenvalue weighted by molar-refractivity contribution is 0.0442. The van der Waals surface area contributed by atoms with E-state index in [2.05, 4.69) is 22.9 Å². The first-order valence-electron chi connectivity index (χ1n) is 5.68. The zero-order chi connectivity index (χ0) is 11.5. The first kappa shape index (κ1) is 12.6. The first-order valence-corrected chi connectivity index (χ1v) is 7.29. The maximum Gasteiger partial charge on any atom is 0.0885 e. The lowest BCUT2D eigenvalue weighted by Gasteiger charge is -2.23. The molecule has 0 radical (unpaired) electrons. The van der Waals surface area contributed by atoms with E-state index < -0.39 is 0 Å². The average molecular weight is 305 g/mol. The quantitative estimate of drug-likeness (QED) is 0.923. The Morgan fingerprint density at radius 3 is 2.81 bits per heavy atom. The largest absolute Gasteiger partial charge is 0.388 e. The van der Waals surface area contributed by atoms with E-state index in [0.717, 1.165) is 41.8 Å².